The lowest BCUT2D eigenvalue weighted by Gasteiger charge is -2.18. The molecule has 1 heterocycles. The number of anilines is 2. The van der Waals surface area contributed by atoms with Crippen LogP contribution in [-0.4, -0.2) is 18.4 Å². The number of carbonyl (C=O) groups excluding carboxylic acids is 2. The van der Waals surface area contributed by atoms with Crippen molar-refractivity contribution in [1.82, 2.24) is 0 Å². The Balaban J connectivity index is 1.49. The fourth-order valence-electron chi connectivity index (χ4n) is 3.69. The maximum absolute atomic E-state index is 14.0. The molecule has 6 heteroatoms. The molecule has 1 fully saturated rings. The summed E-state index contributed by atoms with van der Waals surface area (Å²) in [7, 11) is 0. The van der Waals surface area contributed by atoms with E-state index in [0.29, 0.717) is 6.54 Å². The van der Waals surface area contributed by atoms with Crippen LogP contribution >= 0.6 is 11.6 Å². The van der Waals surface area contributed by atoms with Crippen molar-refractivity contribution in [2.24, 2.45) is 5.92 Å². The van der Waals surface area contributed by atoms with Gasteiger partial charge in [0, 0.05) is 18.7 Å². The Labute approximate surface area is 155 Å². The molecule has 0 spiro atoms. The van der Waals surface area contributed by atoms with Crippen LogP contribution in [0.4, 0.5) is 15.8 Å². The molecule has 4 rings (SSSR count). The van der Waals surface area contributed by atoms with Gasteiger partial charge in [-0.05, 0) is 54.7 Å². The van der Waals surface area contributed by atoms with Gasteiger partial charge in [-0.3, -0.25) is 9.59 Å². The molecule has 134 valence electrons. The summed E-state index contributed by atoms with van der Waals surface area (Å²) >= 11 is 5.74. The van der Waals surface area contributed by atoms with Crippen molar-refractivity contribution >= 4 is 34.8 Å². The van der Waals surface area contributed by atoms with Crippen molar-refractivity contribution < 1.29 is 14.0 Å². The predicted octanol–water partition coefficient (Wildman–Crippen LogP) is 3.96. The molecule has 4 nitrogen and oxygen atoms in total. The number of rotatable bonds is 3. The average molecular weight is 373 g/mol. The molecular formula is C20H18ClFN2O2. The van der Waals surface area contributed by atoms with Gasteiger partial charge in [0.25, 0.3) is 0 Å². The molecule has 1 unspecified atom stereocenters. The molecule has 0 aromatic heterocycles. The van der Waals surface area contributed by atoms with E-state index in [4.69, 9.17) is 11.6 Å². The monoisotopic (exact) mass is 372 g/mol. The number of carbonyl (C=O) groups is 2. The zero-order valence-corrected chi connectivity index (χ0v) is 14.9. The van der Waals surface area contributed by atoms with Gasteiger partial charge >= 0.3 is 0 Å². The number of benzene rings is 2. The molecule has 1 aliphatic carbocycles. The molecule has 1 aliphatic heterocycles. The van der Waals surface area contributed by atoms with Crippen molar-refractivity contribution in [2.45, 2.75) is 25.7 Å². The highest BCUT2D eigenvalue weighted by Gasteiger charge is 2.35. The van der Waals surface area contributed by atoms with E-state index < -0.39 is 11.7 Å². The smallest absolute Gasteiger partial charge is 0.229 e. The summed E-state index contributed by atoms with van der Waals surface area (Å²) < 4.78 is 14.0. The summed E-state index contributed by atoms with van der Waals surface area (Å²) in [4.78, 5) is 26.6. The van der Waals surface area contributed by atoms with Crippen molar-refractivity contribution in [2.75, 3.05) is 16.8 Å². The molecule has 0 radical (unpaired) electrons. The van der Waals surface area contributed by atoms with Gasteiger partial charge < -0.3 is 10.2 Å². The molecule has 0 bridgehead atoms. The average Bonchev–Trinajstić information content (AvgIpc) is 3.24. The lowest BCUT2D eigenvalue weighted by molar-refractivity contribution is -0.122. The number of hydrogen-bond donors (Lipinski definition) is 1. The van der Waals surface area contributed by atoms with Gasteiger partial charge in [-0.2, -0.15) is 0 Å². The third-order valence-corrected chi connectivity index (χ3v) is 5.39. The van der Waals surface area contributed by atoms with Crippen LogP contribution in [0.3, 0.4) is 0 Å². The molecule has 2 amide bonds. The van der Waals surface area contributed by atoms with Gasteiger partial charge in [-0.25, -0.2) is 4.39 Å². The summed E-state index contributed by atoms with van der Waals surface area (Å²) in [6, 6.07) is 10.5. The van der Waals surface area contributed by atoms with Gasteiger partial charge in [0.05, 0.1) is 16.6 Å². The summed E-state index contributed by atoms with van der Waals surface area (Å²) in [5, 5.41) is 2.50. The van der Waals surface area contributed by atoms with Crippen LogP contribution in [0.25, 0.3) is 0 Å². The zero-order chi connectivity index (χ0) is 18.3. The third-order valence-electron chi connectivity index (χ3n) is 5.10. The number of nitrogens with one attached hydrogen (secondary N) is 1. The van der Waals surface area contributed by atoms with Crippen LogP contribution in [0.15, 0.2) is 36.4 Å². The maximum Gasteiger partial charge on any atom is 0.229 e. The Bertz CT molecular complexity index is 899. The van der Waals surface area contributed by atoms with Gasteiger partial charge in [-0.1, -0.05) is 23.7 Å². The third kappa shape index (κ3) is 3.07. The maximum atomic E-state index is 14.0. The minimum absolute atomic E-state index is 0.0333. The molecule has 0 saturated carbocycles. The van der Waals surface area contributed by atoms with Crippen LogP contribution in [-0.2, 0) is 22.4 Å². The highest BCUT2D eigenvalue weighted by atomic mass is 35.5. The number of nitrogens with zero attached hydrogens (tertiary/aromatic N) is 1. The number of halogens is 2. The topological polar surface area (TPSA) is 49.4 Å². The first-order valence-corrected chi connectivity index (χ1v) is 9.08. The Morgan fingerprint density at radius 2 is 2.00 bits per heavy atom. The normalized spacial score (nSPS) is 18.9. The van der Waals surface area contributed by atoms with Crippen molar-refractivity contribution in [1.29, 1.82) is 0 Å². The standard InChI is InChI=1S/C20H18ClFN2O2/c21-16-5-2-6-17(19(16)22)23-20(26)14-10-18(25)24(11-14)15-8-7-12-3-1-4-13(12)9-15/h2,5-9,14H,1,3-4,10-11H2,(H,23,26). The van der Waals surface area contributed by atoms with Gasteiger partial charge in [0.1, 0.15) is 0 Å². The quantitative estimate of drug-likeness (QED) is 0.886. The molecule has 1 N–H and O–H groups in total. The van der Waals surface area contributed by atoms with Crippen molar-refractivity contribution in [3.05, 3.63) is 58.4 Å². The van der Waals surface area contributed by atoms with Crippen LogP contribution in [0.2, 0.25) is 5.02 Å². The van der Waals surface area contributed by atoms with E-state index in [1.165, 1.54) is 23.3 Å². The predicted molar refractivity (Wildman–Crippen MR) is 99.0 cm³/mol. The van der Waals surface area contributed by atoms with Crippen molar-refractivity contribution in [3.8, 4) is 0 Å². The number of amides is 2. The van der Waals surface area contributed by atoms with E-state index in [1.807, 2.05) is 6.07 Å². The van der Waals surface area contributed by atoms with Gasteiger partial charge in [-0.15, -0.1) is 0 Å². The lowest BCUT2D eigenvalue weighted by atomic mass is 10.1. The fraction of sp³-hybridized carbons (Fsp3) is 0.300. The summed E-state index contributed by atoms with van der Waals surface area (Å²) in [5.74, 6) is -1.64. The second-order valence-electron chi connectivity index (χ2n) is 6.80. The molecule has 2 aliphatic rings. The Morgan fingerprint density at radius 3 is 2.85 bits per heavy atom. The molecule has 2 aromatic rings. The Kier molecular flexibility index (Phi) is 4.41. The zero-order valence-electron chi connectivity index (χ0n) is 14.1. The molecule has 1 saturated heterocycles. The molecule has 2 aromatic carbocycles. The lowest BCUT2D eigenvalue weighted by Crippen LogP contribution is -2.28. The first kappa shape index (κ1) is 17.0. The highest BCUT2D eigenvalue weighted by molar-refractivity contribution is 6.31. The highest BCUT2D eigenvalue weighted by Crippen LogP contribution is 2.31. The van der Waals surface area contributed by atoms with E-state index in [1.54, 1.807) is 11.0 Å². The minimum atomic E-state index is -0.665. The van der Waals surface area contributed by atoms with E-state index in [2.05, 4.69) is 17.4 Å². The van der Waals surface area contributed by atoms with Crippen LogP contribution < -0.4 is 10.2 Å². The second-order valence-corrected chi connectivity index (χ2v) is 7.21. The van der Waals surface area contributed by atoms with Crippen LogP contribution in [0.1, 0.15) is 24.0 Å². The largest absolute Gasteiger partial charge is 0.323 e. The van der Waals surface area contributed by atoms with E-state index in [-0.39, 0.29) is 28.9 Å². The van der Waals surface area contributed by atoms with Crippen LogP contribution in [0.5, 0.6) is 0 Å². The number of hydrogen-bond acceptors (Lipinski definition) is 2. The first-order valence-electron chi connectivity index (χ1n) is 8.70. The van der Waals surface area contributed by atoms with E-state index in [9.17, 15) is 14.0 Å². The second kappa shape index (κ2) is 6.72. The van der Waals surface area contributed by atoms with Gasteiger partial charge in [0.15, 0.2) is 5.82 Å². The SMILES string of the molecule is O=C(Nc1cccc(Cl)c1F)C1CC(=O)N(c2ccc3c(c2)CCC3)C1. The summed E-state index contributed by atoms with van der Waals surface area (Å²) in [5.41, 5.74) is 3.49. The Hall–Kier alpha value is -2.40. The molecular weight excluding hydrogens is 355 g/mol. The number of fused-ring (bicyclic) bond motifs is 1. The van der Waals surface area contributed by atoms with E-state index in [0.717, 1.165) is 24.9 Å². The summed E-state index contributed by atoms with van der Waals surface area (Å²) in [6.07, 6.45) is 3.37. The first-order chi connectivity index (χ1) is 12.5. The number of aryl methyl sites for hydroxylation is 2. The fourth-order valence-corrected chi connectivity index (χ4v) is 3.87. The van der Waals surface area contributed by atoms with E-state index >= 15 is 0 Å². The summed E-state index contributed by atoms with van der Waals surface area (Å²) in [6.45, 7) is 0.297. The molecule has 1 atom stereocenters. The van der Waals surface area contributed by atoms with Crippen molar-refractivity contribution in [3.63, 3.8) is 0 Å². The minimum Gasteiger partial charge on any atom is -0.323 e. The molecule has 26 heavy (non-hydrogen) atoms. The van der Waals surface area contributed by atoms with Gasteiger partial charge in [0.2, 0.25) is 11.8 Å². The van der Waals surface area contributed by atoms with Crippen LogP contribution in [0, 0.1) is 11.7 Å². The Morgan fingerprint density at radius 1 is 1.19 bits per heavy atom.